The Morgan fingerprint density at radius 3 is 1.57 bits per heavy atom. The van der Waals surface area contributed by atoms with Crippen molar-refractivity contribution in [1.82, 2.24) is 9.13 Å². The summed E-state index contributed by atoms with van der Waals surface area (Å²) in [7, 11) is 0. The molecule has 0 fully saturated rings. The van der Waals surface area contributed by atoms with Gasteiger partial charge in [-0.1, -0.05) is 127 Å². The summed E-state index contributed by atoms with van der Waals surface area (Å²) in [5, 5.41) is 7.63. The molecule has 0 aliphatic rings. The van der Waals surface area contributed by atoms with Gasteiger partial charge < -0.3 is 9.13 Å². The lowest BCUT2D eigenvalue weighted by Gasteiger charge is -2.15. The first-order valence-electron chi connectivity index (χ1n) is 17.4. The summed E-state index contributed by atoms with van der Waals surface area (Å²) in [5.41, 5.74) is 12.1. The Labute approximate surface area is 298 Å². The standard InChI is InChI=1S/C48H30N2S/c1-2-13-31(14-3-1)32-15-12-16-33(27-32)34-28-45(48-40-20-7-11-24-46(40)51-47(48)29-34)50-43-23-10-6-19-38(43)39-26-25-35(30-44(39)50)49-41-21-8-4-17-36(41)37-18-5-9-22-42(37)49/h1-30H. The van der Waals surface area contributed by atoms with E-state index >= 15 is 0 Å². The van der Waals surface area contributed by atoms with Gasteiger partial charge in [0.2, 0.25) is 0 Å². The average Bonchev–Trinajstić information content (AvgIpc) is 3.85. The molecule has 3 aromatic heterocycles. The first-order valence-corrected chi connectivity index (χ1v) is 18.3. The van der Waals surface area contributed by atoms with Crippen LogP contribution < -0.4 is 0 Å². The largest absolute Gasteiger partial charge is 0.309 e. The summed E-state index contributed by atoms with van der Waals surface area (Å²) in [6, 6.07) is 66.7. The minimum Gasteiger partial charge on any atom is -0.309 e. The van der Waals surface area contributed by atoms with E-state index in [0.717, 1.165) is 5.69 Å². The van der Waals surface area contributed by atoms with Gasteiger partial charge in [-0.3, -0.25) is 0 Å². The van der Waals surface area contributed by atoms with Gasteiger partial charge in [0.15, 0.2) is 0 Å². The van der Waals surface area contributed by atoms with Crippen molar-refractivity contribution in [2.75, 3.05) is 0 Å². The monoisotopic (exact) mass is 666 g/mol. The van der Waals surface area contributed by atoms with Crippen LogP contribution in [0.5, 0.6) is 0 Å². The van der Waals surface area contributed by atoms with Gasteiger partial charge in [0.05, 0.1) is 27.8 Å². The van der Waals surface area contributed by atoms with Gasteiger partial charge in [0.25, 0.3) is 0 Å². The number of hydrogen-bond donors (Lipinski definition) is 0. The van der Waals surface area contributed by atoms with E-state index in [4.69, 9.17) is 0 Å². The third-order valence-electron chi connectivity index (χ3n) is 10.5. The Morgan fingerprint density at radius 1 is 0.314 bits per heavy atom. The predicted molar refractivity (Wildman–Crippen MR) is 219 cm³/mol. The molecule has 0 saturated carbocycles. The number of aromatic nitrogens is 2. The molecule has 51 heavy (non-hydrogen) atoms. The first-order chi connectivity index (χ1) is 25.3. The highest BCUT2D eigenvalue weighted by atomic mass is 32.1. The summed E-state index contributed by atoms with van der Waals surface area (Å²) in [4.78, 5) is 0. The number of fused-ring (bicyclic) bond motifs is 9. The number of benzene rings is 8. The molecule has 0 saturated heterocycles. The quantitative estimate of drug-likeness (QED) is 0.177. The second-order valence-corrected chi connectivity index (χ2v) is 14.4. The van der Waals surface area contributed by atoms with Gasteiger partial charge in [-0.25, -0.2) is 0 Å². The summed E-state index contributed by atoms with van der Waals surface area (Å²) in [6.45, 7) is 0. The van der Waals surface area contributed by atoms with E-state index in [-0.39, 0.29) is 0 Å². The second-order valence-electron chi connectivity index (χ2n) is 13.3. The number of thiophene rings is 1. The van der Waals surface area contributed by atoms with E-state index in [1.165, 1.54) is 91.7 Å². The summed E-state index contributed by atoms with van der Waals surface area (Å²) in [6.07, 6.45) is 0. The van der Waals surface area contributed by atoms with Crippen LogP contribution >= 0.6 is 11.3 Å². The van der Waals surface area contributed by atoms with Crippen molar-refractivity contribution in [3.8, 4) is 33.6 Å². The lowest BCUT2D eigenvalue weighted by Crippen LogP contribution is -1.98. The molecule has 0 radical (unpaired) electrons. The smallest absolute Gasteiger partial charge is 0.0562 e. The van der Waals surface area contributed by atoms with Crippen LogP contribution in [-0.4, -0.2) is 9.13 Å². The molecule has 0 amide bonds. The lowest BCUT2D eigenvalue weighted by molar-refractivity contribution is 1.16. The third kappa shape index (κ3) is 4.29. The van der Waals surface area contributed by atoms with E-state index in [1.807, 2.05) is 11.3 Å². The highest BCUT2D eigenvalue weighted by Gasteiger charge is 2.20. The molecule has 0 spiro atoms. The molecule has 3 heteroatoms. The second kappa shape index (κ2) is 11.0. The minimum atomic E-state index is 1.15. The zero-order valence-corrected chi connectivity index (χ0v) is 28.4. The van der Waals surface area contributed by atoms with Crippen molar-refractivity contribution in [3.63, 3.8) is 0 Å². The fraction of sp³-hybridized carbons (Fsp3) is 0. The van der Waals surface area contributed by atoms with E-state index in [0.29, 0.717) is 0 Å². The van der Waals surface area contributed by atoms with Gasteiger partial charge in [-0.05, 0) is 76.9 Å². The number of nitrogens with zero attached hydrogens (tertiary/aromatic N) is 2. The lowest BCUT2D eigenvalue weighted by atomic mass is 9.97. The Bertz CT molecular complexity index is 3090. The first kappa shape index (κ1) is 28.4. The molecule has 11 aromatic rings. The Hall–Kier alpha value is -6.42. The molecule has 0 unspecified atom stereocenters. The molecule has 0 aliphatic heterocycles. The van der Waals surface area contributed by atoms with Gasteiger partial charge in [-0.15, -0.1) is 11.3 Å². The van der Waals surface area contributed by atoms with Crippen molar-refractivity contribution in [3.05, 3.63) is 182 Å². The zero-order valence-electron chi connectivity index (χ0n) is 27.6. The normalized spacial score (nSPS) is 11.9. The third-order valence-corrected chi connectivity index (χ3v) is 11.6. The average molecular weight is 667 g/mol. The van der Waals surface area contributed by atoms with Crippen LogP contribution in [0.3, 0.4) is 0 Å². The molecule has 3 heterocycles. The van der Waals surface area contributed by atoms with Gasteiger partial charge in [-0.2, -0.15) is 0 Å². The Kier molecular flexibility index (Phi) is 6.16. The Balaban J connectivity index is 1.24. The zero-order chi connectivity index (χ0) is 33.5. The molecule has 0 aliphatic carbocycles. The maximum absolute atomic E-state index is 2.52. The van der Waals surface area contributed by atoms with Crippen LogP contribution in [0, 0.1) is 0 Å². The number of hydrogen-bond acceptors (Lipinski definition) is 1. The van der Waals surface area contributed by atoms with Crippen molar-refractivity contribution in [1.29, 1.82) is 0 Å². The van der Waals surface area contributed by atoms with Crippen LogP contribution in [0.4, 0.5) is 0 Å². The summed E-state index contributed by atoms with van der Waals surface area (Å²) >= 11 is 1.88. The molecule has 2 nitrogen and oxygen atoms in total. The van der Waals surface area contributed by atoms with Crippen LogP contribution in [0.25, 0.3) is 97.4 Å². The molecule has 238 valence electrons. The van der Waals surface area contributed by atoms with Gasteiger partial charge >= 0.3 is 0 Å². The van der Waals surface area contributed by atoms with E-state index in [2.05, 4.69) is 191 Å². The molecule has 0 bridgehead atoms. The molecule has 11 rings (SSSR count). The molecule has 0 atom stereocenters. The molecule has 0 N–H and O–H groups in total. The van der Waals surface area contributed by atoms with E-state index in [9.17, 15) is 0 Å². The van der Waals surface area contributed by atoms with Gasteiger partial charge in [0.1, 0.15) is 0 Å². The van der Waals surface area contributed by atoms with Crippen LogP contribution in [-0.2, 0) is 0 Å². The van der Waals surface area contributed by atoms with Crippen LogP contribution in [0.15, 0.2) is 182 Å². The van der Waals surface area contributed by atoms with E-state index < -0.39 is 0 Å². The molecular formula is C48H30N2S. The van der Waals surface area contributed by atoms with Crippen LogP contribution in [0.1, 0.15) is 0 Å². The molecular weight excluding hydrogens is 637 g/mol. The van der Waals surface area contributed by atoms with Crippen molar-refractivity contribution in [2.24, 2.45) is 0 Å². The maximum atomic E-state index is 2.52. The molecule has 8 aromatic carbocycles. The fourth-order valence-electron chi connectivity index (χ4n) is 8.24. The topological polar surface area (TPSA) is 9.86 Å². The summed E-state index contributed by atoms with van der Waals surface area (Å²) < 4.78 is 7.54. The number of rotatable bonds is 4. The van der Waals surface area contributed by atoms with Crippen LogP contribution in [0.2, 0.25) is 0 Å². The SMILES string of the molecule is c1ccc(-c2cccc(-c3cc(-n4c5ccccc5c5ccc(-n6c7ccccc7c7ccccc76)cc54)c4c(c3)sc3ccccc34)c2)cc1. The predicted octanol–water partition coefficient (Wildman–Crippen LogP) is 13.6. The van der Waals surface area contributed by atoms with Gasteiger partial charge in [0, 0.05) is 47.4 Å². The summed E-state index contributed by atoms with van der Waals surface area (Å²) in [5.74, 6) is 0. The maximum Gasteiger partial charge on any atom is 0.0562 e. The highest BCUT2D eigenvalue weighted by Crippen LogP contribution is 2.44. The minimum absolute atomic E-state index is 1.15. The van der Waals surface area contributed by atoms with Crippen molar-refractivity contribution >= 4 is 75.1 Å². The van der Waals surface area contributed by atoms with E-state index in [1.54, 1.807) is 0 Å². The van der Waals surface area contributed by atoms with Crippen molar-refractivity contribution in [2.45, 2.75) is 0 Å². The highest BCUT2D eigenvalue weighted by molar-refractivity contribution is 7.26. The number of para-hydroxylation sites is 3. The van der Waals surface area contributed by atoms with Crippen molar-refractivity contribution < 1.29 is 0 Å². The Morgan fingerprint density at radius 2 is 0.863 bits per heavy atom. The fourth-order valence-corrected chi connectivity index (χ4v) is 9.41.